The Morgan fingerprint density at radius 3 is 2.15 bits per heavy atom. The minimum absolute atomic E-state index is 0.130. The van der Waals surface area contributed by atoms with Gasteiger partial charge < -0.3 is 24.3 Å². The van der Waals surface area contributed by atoms with Gasteiger partial charge in [0.2, 0.25) is 5.91 Å². The summed E-state index contributed by atoms with van der Waals surface area (Å²) in [5.74, 6) is 0.847. The summed E-state index contributed by atoms with van der Waals surface area (Å²) in [6.45, 7) is 0.130. The van der Waals surface area contributed by atoms with Crippen molar-refractivity contribution >= 4 is 17.5 Å². The number of carbonyl (C=O) groups is 2. The summed E-state index contributed by atoms with van der Waals surface area (Å²) in [4.78, 5) is 29.0. The summed E-state index contributed by atoms with van der Waals surface area (Å²) in [5, 5.41) is 2.92. The molecule has 33 heavy (non-hydrogen) atoms. The number of hydrogen-bond donors (Lipinski definition) is 1. The van der Waals surface area contributed by atoms with E-state index in [-0.39, 0.29) is 18.4 Å². The Kier molecular flexibility index (Phi) is 6.74. The van der Waals surface area contributed by atoms with Gasteiger partial charge in [0.1, 0.15) is 34.6 Å². The van der Waals surface area contributed by atoms with E-state index >= 15 is 0 Å². The van der Waals surface area contributed by atoms with Crippen molar-refractivity contribution < 1.29 is 28.5 Å². The third-order valence-electron chi connectivity index (χ3n) is 6.42. The maximum absolute atomic E-state index is 14.0. The number of ether oxygens (including phenoxy) is 4. The van der Waals surface area contributed by atoms with E-state index in [1.807, 2.05) is 0 Å². The maximum atomic E-state index is 14.0. The molecule has 4 rings (SSSR count). The highest BCUT2D eigenvalue weighted by Gasteiger charge is 2.53. The van der Waals surface area contributed by atoms with Crippen LogP contribution in [0.2, 0.25) is 0 Å². The van der Waals surface area contributed by atoms with Gasteiger partial charge in [-0.15, -0.1) is 0 Å². The Morgan fingerprint density at radius 2 is 1.58 bits per heavy atom. The number of benzene rings is 2. The lowest BCUT2D eigenvalue weighted by Crippen LogP contribution is -2.55. The smallest absolute Gasteiger partial charge is 0.264 e. The average Bonchev–Trinajstić information content (AvgIpc) is 3.22. The van der Waals surface area contributed by atoms with Gasteiger partial charge in [-0.1, -0.05) is 12.5 Å². The van der Waals surface area contributed by atoms with Crippen molar-refractivity contribution in [3.8, 4) is 17.2 Å². The van der Waals surface area contributed by atoms with Crippen molar-refractivity contribution in [2.75, 3.05) is 33.3 Å². The maximum Gasteiger partial charge on any atom is 0.264 e. The molecule has 8 nitrogen and oxygen atoms in total. The van der Waals surface area contributed by atoms with E-state index in [9.17, 15) is 9.59 Å². The monoisotopic (exact) mass is 454 g/mol. The minimum atomic E-state index is -0.816. The van der Waals surface area contributed by atoms with Crippen LogP contribution in [-0.2, 0) is 9.53 Å². The first kappa shape index (κ1) is 22.9. The molecule has 2 fully saturated rings. The number of carbonyl (C=O) groups excluding carboxylic acids is 2. The molecule has 0 aromatic heterocycles. The second kappa shape index (κ2) is 9.70. The zero-order valence-electron chi connectivity index (χ0n) is 19.3. The summed E-state index contributed by atoms with van der Waals surface area (Å²) in [7, 11) is 4.61. The largest absolute Gasteiger partial charge is 0.497 e. The van der Waals surface area contributed by atoms with Crippen LogP contribution in [0.15, 0.2) is 42.5 Å². The van der Waals surface area contributed by atoms with Crippen molar-refractivity contribution in [3.05, 3.63) is 48.0 Å². The van der Waals surface area contributed by atoms with E-state index in [1.165, 1.54) is 14.2 Å². The third kappa shape index (κ3) is 4.35. The minimum Gasteiger partial charge on any atom is -0.497 e. The van der Waals surface area contributed by atoms with Crippen LogP contribution in [0.25, 0.3) is 0 Å². The predicted octanol–water partition coefficient (Wildman–Crippen LogP) is 3.85. The molecule has 2 amide bonds. The molecule has 1 unspecified atom stereocenters. The molecule has 1 aliphatic carbocycles. The van der Waals surface area contributed by atoms with Gasteiger partial charge >= 0.3 is 0 Å². The molecule has 1 aliphatic heterocycles. The van der Waals surface area contributed by atoms with Crippen LogP contribution in [-0.4, -0.2) is 56.4 Å². The number of nitrogens with one attached hydrogen (secondary N) is 1. The van der Waals surface area contributed by atoms with Gasteiger partial charge in [-0.2, -0.15) is 0 Å². The second-order valence-corrected chi connectivity index (χ2v) is 8.26. The number of amides is 2. The van der Waals surface area contributed by atoms with Gasteiger partial charge in [-0.3, -0.25) is 14.5 Å². The lowest BCUT2D eigenvalue weighted by Gasteiger charge is -2.41. The van der Waals surface area contributed by atoms with E-state index in [4.69, 9.17) is 18.9 Å². The number of hydrogen-bond acceptors (Lipinski definition) is 6. The summed E-state index contributed by atoms with van der Waals surface area (Å²) >= 11 is 0. The molecule has 0 bridgehead atoms. The fourth-order valence-corrected chi connectivity index (χ4v) is 4.75. The van der Waals surface area contributed by atoms with Crippen LogP contribution in [0.4, 0.5) is 5.69 Å². The van der Waals surface area contributed by atoms with E-state index in [0.29, 0.717) is 41.3 Å². The zero-order valence-corrected chi connectivity index (χ0v) is 19.3. The SMILES string of the molecule is COc1ccc(NC(=O)C2COC3(CCCCC3)N2C(=O)c2c(OC)cccc2OC)cc1. The quantitative estimate of drug-likeness (QED) is 0.714. The molecule has 2 aromatic carbocycles. The normalized spacial score (nSPS) is 19.2. The van der Waals surface area contributed by atoms with Crippen molar-refractivity contribution in [3.63, 3.8) is 0 Å². The molecule has 2 aromatic rings. The lowest BCUT2D eigenvalue weighted by atomic mass is 9.89. The molecule has 1 spiro atoms. The highest BCUT2D eigenvalue weighted by Crippen LogP contribution is 2.43. The highest BCUT2D eigenvalue weighted by atomic mass is 16.5. The van der Waals surface area contributed by atoms with Crippen LogP contribution in [0.5, 0.6) is 17.2 Å². The van der Waals surface area contributed by atoms with Crippen LogP contribution >= 0.6 is 0 Å². The zero-order chi connectivity index (χ0) is 23.4. The molecule has 1 heterocycles. The Labute approximate surface area is 193 Å². The first-order valence-electron chi connectivity index (χ1n) is 11.2. The molecular weight excluding hydrogens is 424 g/mol. The van der Waals surface area contributed by atoms with Crippen molar-refractivity contribution in [1.29, 1.82) is 0 Å². The van der Waals surface area contributed by atoms with Crippen molar-refractivity contribution in [2.45, 2.75) is 43.9 Å². The number of nitrogens with zero attached hydrogens (tertiary/aromatic N) is 1. The second-order valence-electron chi connectivity index (χ2n) is 8.26. The van der Waals surface area contributed by atoms with Gasteiger partial charge in [-0.25, -0.2) is 0 Å². The van der Waals surface area contributed by atoms with Crippen LogP contribution in [0, 0.1) is 0 Å². The van der Waals surface area contributed by atoms with E-state index in [0.717, 1.165) is 19.3 Å². The molecule has 1 atom stereocenters. The number of methoxy groups -OCH3 is 3. The van der Waals surface area contributed by atoms with E-state index < -0.39 is 11.8 Å². The predicted molar refractivity (Wildman–Crippen MR) is 123 cm³/mol. The topological polar surface area (TPSA) is 86.3 Å². The Balaban J connectivity index is 1.69. The molecule has 176 valence electrons. The Hall–Kier alpha value is -3.26. The van der Waals surface area contributed by atoms with E-state index in [2.05, 4.69) is 5.32 Å². The Bertz CT molecular complexity index is 978. The van der Waals surface area contributed by atoms with Gasteiger partial charge in [0.25, 0.3) is 5.91 Å². The van der Waals surface area contributed by atoms with E-state index in [1.54, 1.807) is 54.5 Å². The first-order valence-corrected chi connectivity index (χ1v) is 11.2. The highest BCUT2D eigenvalue weighted by molar-refractivity contribution is 6.04. The average molecular weight is 455 g/mol. The number of anilines is 1. The standard InChI is InChI=1S/C25H30N2O6/c1-30-18-12-10-17(11-13-18)26-23(28)19-16-33-25(14-5-4-6-15-25)27(19)24(29)22-20(31-2)8-7-9-21(22)32-3/h7-13,19H,4-6,14-16H2,1-3H3,(H,26,28). The summed E-state index contributed by atoms with van der Waals surface area (Å²) in [6, 6.07) is 11.5. The van der Waals surface area contributed by atoms with Gasteiger partial charge in [0.15, 0.2) is 0 Å². The van der Waals surface area contributed by atoms with Gasteiger partial charge in [0, 0.05) is 5.69 Å². The summed E-state index contributed by atoms with van der Waals surface area (Å²) < 4.78 is 22.4. The van der Waals surface area contributed by atoms with Crippen molar-refractivity contribution in [2.24, 2.45) is 0 Å². The van der Waals surface area contributed by atoms with Crippen LogP contribution < -0.4 is 19.5 Å². The molecular formula is C25H30N2O6. The molecule has 1 saturated carbocycles. The Morgan fingerprint density at radius 1 is 0.939 bits per heavy atom. The van der Waals surface area contributed by atoms with Crippen molar-refractivity contribution in [1.82, 2.24) is 4.90 Å². The molecule has 2 aliphatic rings. The van der Waals surface area contributed by atoms with Gasteiger partial charge in [0.05, 0.1) is 27.9 Å². The van der Waals surface area contributed by atoms with Crippen LogP contribution in [0.3, 0.4) is 0 Å². The summed E-state index contributed by atoms with van der Waals surface area (Å²) in [6.07, 6.45) is 4.30. The fraction of sp³-hybridized carbons (Fsp3) is 0.440. The third-order valence-corrected chi connectivity index (χ3v) is 6.42. The lowest BCUT2D eigenvalue weighted by molar-refractivity contribution is -0.122. The number of rotatable bonds is 6. The molecule has 8 heteroatoms. The molecule has 1 saturated heterocycles. The fourth-order valence-electron chi connectivity index (χ4n) is 4.75. The van der Waals surface area contributed by atoms with Crippen LogP contribution in [0.1, 0.15) is 42.5 Å². The summed E-state index contributed by atoms with van der Waals surface area (Å²) in [5.41, 5.74) is 0.0937. The first-order chi connectivity index (χ1) is 16.0. The van der Waals surface area contributed by atoms with Gasteiger partial charge in [-0.05, 0) is 62.1 Å². The molecule has 0 radical (unpaired) electrons. The molecule has 1 N–H and O–H groups in total.